The highest BCUT2D eigenvalue weighted by atomic mass is 35.5. The van der Waals surface area contributed by atoms with Gasteiger partial charge in [-0.3, -0.25) is 4.90 Å². The highest BCUT2D eigenvalue weighted by molar-refractivity contribution is 6.30. The van der Waals surface area contributed by atoms with E-state index in [9.17, 15) is 0 Å². The molecule has 5 heteroatoms. The van der Waals surface area contributed by atoms with Crippen LogP contribution in [0.4, 0.5) is 0 Å². The lowest BCUT2D eigenvalue weighted by atomic mass is 10.0. The molecule has 1 aromatic carbocycles. The van der Waals surface area contributed by atoms with Crippen LogP contribution in [0.3, 0.4) is 0 Å². The number of pyridine rings is 1. The highest BCUT2D eigenvalue weighted by Gasteiger charge is 2.18. The fourth-order valence-corrected chi connectivity index (χ4v) is 3.91. The molecule has 0 unspecified atom stereocenters. The molecule has 0 amide bonds. The maximum atomic E-state index is 6.30. The van der Waals surface area contributed by atoms with E-state index in [-0.39, 0.29) is 0 Å². The Kier molecular flexibility index (Phi) is 5.48. The normalized spacial score (nSPS) is 16.1. The van der Waals surface area contributed by atoms with Crippen LogP contribution in [0.5, 0.6) is 0 Å². The zero-order valence-corrected chi connectivity index (χ0v) is 16.8. The fraction of sp³-hybridized carbons (Fsp3) is 0.409. The van der Waals surface area contributed by atoms with E-state index in [0.29, 0.717) is 5.92 Å². The Bertz CT molecular complexity index is 906. The van der Waals surface area contributed by atoms with Crippen LogP contribution >= 0.6 is 11.6 Å². The quantitative estimate of drug-likeness (QED) is 0.717. The molecule has 0 aliphatic carbocycles. The van der Waals surface area contributed by atoms with Crippen molar-refractivity contribution in [1.29, 1.82) is 0 Å². The number of nitrogens with zero attached hydrogens (tertiary/aromatic N) is 3. The molecule has 1 aliphatic heterocycles. The van der Waals surface area contributed by atoms with Gasteiger partial charge in [-0.05, 0) is 43.1 Å². The van der Waals surface area contributed by atoms with Gasteiger partial charge in [-0.2, -0.15) is 0 Å². The predicted octanol–water partition coefficient (Wildman–Crippen LogP) is 4.57. The molecule has 1 saturated heterocycles. The Morgan fingerprint density at radius 1 is 1.07 bits per heavy atom. The van der Waals surface area contributed by atoms with Crippen molar-refractivity contribution in [1.82, 2.24) is 19.6 Å². The smallest absolute Gasteiger partial charge is 0.137 e. The second-order valence-electron chi connectivity index (χ2n) is 7.64. The average Bonchev–Trinajstić information content (AvgIpc) is 2.83. The fourth-order valence-electron chi connectivity index (χ4n) is 3.75. The van der Waals surface area contributed by atoms with Crippen LogP contribution in [0.15, 0.2) is 42.6 Å². The molecule has 0 radical (unpaired) electrons. The summed E-state index contributed by atoms with van der Waals surface area (Å²) in [5, 5.41) is 4.22. The molecule has 1 N–H and O–H groups in total. The molecule has 27 heavy (non-hydrogen) atoms. The standard InChI is InChI=1S/C22H27ClN4/c1-16(2)17-4-6-18(7-5-17)22-20(15-26-12-3-10-24-11-13-26)27-14-19(23)8-9-21(27)25-22/h4-9,14,16,24H,3,10-13,15H2,1-2H3. The molecule has 0 atom stereocenters. The minimum absolute atomic E-state index is 0.531. The minimum atomic E-state index is 0.531. The van der Waals surface area contributed by atoms with Gasteiger partial charge in [-0.15, -0.1) is 0 Å². The van der Waals surface area contributed by atoms with Gasteiger partial charge in [0.05, 0.1) is 16.4 Å². The lowest BCUT2D eigenvalue weighted by Crippen LogP contribution is -2.28. The Morgan fingerprint density at radius 3 is 2.67 bits per heavy atom. The Balaban J connectivity index is 1.76. The Hall–Kier alpha value is -1.88. The van der Waals surface area contributed by atoms with Gasteiger partial charge in [-0.25, -0.2) is 4.98 Å². The van der Waals surface area contributed by atoms with E-state index in [1.165, 1.54) is 23.2 Å². The molecular weight excluding hydrogens is 356 g/mol. The minimum Gasteiger partial charge on any atom is -0.315 e. The number of fused-ring (bicyclic) bond motifs is 1. The molecule has 1 aliphatic rings. The van der Waals surface area contributed by atoms with Crippen molar-refractivity contribution in [2.75, 3.05) is 26.2 Å². The summed E-state index contributed by atoms with van der Waals surface area (Å²) in [6, 6.07) is 12.8. The first kappa shape index (κ1) is 18.5. The lowest BCUT2D eigenvalue weighted by Gasteiger charge is -2.20. The Labute approximate surface area is 166 Å². The second-order valence-corrected chi connectivity index (χ2v) is 8.08. The largest absolute Gasteiger partial charge is 0.315 e. The zero-order chi connectivity index (χ0) is 18.8. The van der Waals surface area contributed by atoms with Crippen molar-refractivity contribution in [2.45, 2.75) is 32.7 Å². The van der Waals surface area contributed by atoms with Gasteiger partial charge in [0.1, 0.15) is 5.65 Å². The number of rotatable bonds is 4. The van der Waals surface area contributed by atoms with Crippen LogP contribution in [0.2, 0.25) is 5.02 Å². The van der Waals surface area contributed by atoms with Crippen molar-refractivity contribution in [3.05, 3.63) is 58.9 Å². The summed E-state index contributed by atoms with van der Waals surface area (Å²) in [5.74, 6) is 0.531. The van der Waals surface area contributed by atoms with Gasteiger partial charge < -0.3 is 9.72 Å². The average molecular weight is 383 g/mol. The van der Waals surface area contributed by atoms with E-state index < -0.39 is 0 Å². The number of benzene rings is 1. The molecular formula is C22H27ClN4. The van der Waals surface area contributed by atoms with Gasteiger partial charge in [0.15, 0.2) is 0 Å². The third-order valence-electron chi connectivity index (χ3n) is 5.34. The van der Waals surface area contributed by atoms with E-state index in [4.69, 9.17) is 16.6 Å². The molecule has 2 aromatic heterocycles. The third kappa shape index (κ3) is 4.03. The van der Waals surface area contributed by atoms with Crippen LogP contribution < -0.4 is 5.32 Å². The van der Waals surface area contributed by atoms with Crippen LogP contribution in [-0.2, 0) is 6.54 Å². The summed E-state index contributed by atoms with van der Waals surface area (Å²) in [5.41, 5.74) is 5.75. The summed E-state index contributed by atoms with van der Waals surface area (Å²) < 4.78 is 2.16. The zero-order valence-electron chi connectivity index (χ0n) is 16.1. The van der Waals surface area contributed by atoms with Crippen molar-refractivity contribution in [3.8, 4) is 11.3 Å². The first-order valence-corrected chi connectivity index (χ1v) is 10.2. The molecule has 0 bridgehead atoms. The summed E-state index contributed by atoms with van der Waals surface area (Å²) >= 11 is 6.30. The SMILES string of the molecule is CC(C)c1ccc(-c2nc3ccc(Cl)cn3c2CN2CCCNCC2)cc1. The van der Waals surface area contributed by atoms with Crippen LogP contribution in [0, 0.1) is 0 Å². The topological polar surface area (TPSA) is 32.6 Å². The third-order valence-corrected chi connectivity index (χ3v) is 5.56. The first-order valence-electron chi connectivity index (χ1n) is 9.82. The van der Waals surface area contributed by atoms with E-state index in [1.54, 1.807) is 0 Å². The van der Waals surface area contributed by atoms with Gasteiger partial charge in [0, 0.05) is 31.4 Å². The van der Waals surface area contributed by atoms with Crippen molar-refractivity contribution in [2.24, 2.45) is 0 Å². The molecule has 1 fully saturated rings. The maximum absolute atomic E-state index is 6.30. The summed E-state index contributed by atoms with van der Waals surface area (Å²) in [6.45, 7) is 9.62. The molecule has 0 saturated carbocycles. The molecule has 4 rings (SSSR count). The van der Waals surface area contributed by atoms with Gasteiger partial charge in [0.25, 0.3) is 0 Å². The highest BCUT2D eigenvalue weighted by Crippen LogP contribution is 2.28. The predicted molar refractivity (Wildman–Crippen MR) is 112 cm³/mol. The number of halogens is 1. The molecule has 0 spiro atoms. The van der Waals surface area contributed by atoms with Crippen molar-refractivity contribution >= 4 is 17.2 Å². The summed E-state index contributed by atoms with van der Waals surface area (Å²) in [4.78, 5) is 7.46. The van der Waals surface area contributed by atoms with Crippen LogP contribution in [0.25, 0.3) is 16.9 Å². The van der Waals surface area contributed by atoms with E-state index in [0.717, 1.165) is 49.1 Å². The van der Waals surface area contributed by atoms with Crippen LogP contribution in [-0.4, -0.2) is 40.5 Å². The number of imidazole rings is 1. The second kappa shape index (κ2) is 8.01. The van der Waals surface area contributed by atoms with Gasteiger partial charge in [0.2, 0.25) is 0 Å². The summed E-state index contributed by atoms with van der Waals surface area (Å²) in [6.07, 6.45) is 3.16. The van der Waals surface area contributed by atoms with E-state index >= 15 is 0 Å². The maximum Gasteiger partial charge on any atom is 0.137 e. The molecule has 142 valence electrons. The molecule has 3 heterocycles. The van der Waals surface area contributed by atoms with Gasteiger partial charge >= 0.3 is 0 Å². The Morgan fingerprint density at radius 2 is 1.89 bits per heavy atom. The van der Waals surface area contributed by atoms with Crippen LogP contribution in [0.1, 0.15) is 37.4 Å². The van der Waals surface area contributed by atoms with Crippen molar-refractivity contribution in [3.63, 3.8) is 0 Å². The summed E-state index contributed by atoms with van der Waals surface area (Å²) in [7, 11) is 0. The van der Waals surface area contributed by atoms with E-state index in [1.807, 2.05) is 18.3 Å². The van der Waals surface area contributed by atoms with Crippen molar-refractivity contribution < 1.29 is 0 Å². The van der Waals surface area contributed by atoms with Gasteiger partial charge in [-0.1, -0.05) is 49.7 Å². The lowest BCUT2D eigenvalue weighted by molar-refractivity contribution is 0.281. The first-order chi connectivity index (χ1) is 13.1. The number of aromatic nitrogens is 2. The number of nitrogens with one attached hydrogen (secondary N) is 1. The molecule has 4 nitrogen and oxygen atoms in total. The number of hydrogen-bond acceptors (Lipinski definition) is 3. The van der Waals surface area contributed by atoms with E-state index in [2.05, 4.69) is 52.7 Å². The molecule has 3 aromatic rings. The number of hydrogen-bond donors (Lipinski definition) is 1. The monoisotopic (exact) mass is 382 g/mol.